The molecule has 0 aliphatic rings. The van der Waals surface area contributed by atoms with Crippen molar-refractivity contribution in [3.05, 3.63) is 36.0 Å². The fourth-order valence-electron chi connectivity index (χ4n) is 2.35. The Hall–Kier alpha value is -2.48. The number of fused-ring (bicyclic) bond motifs is 1. The smallest absolute Gasteiger partial charge is 0.268 e. The van der Waals surface area contributed by atoms with Crippen molar-refractivity contribution in [3.8, 4) is 0 Å². The summed E-state index contributed by atoms with van der Waals surface area (Å²) in [6.07, 6.45) is -2.40. The fourth-order valence-corrected chi connectivity index (χ4v) is 2.35. The van der Waals surface area contributed by atoms with Crippen molar-refractivity contribution < 1.29 is 18.4 Å². The maximum Gasteiger partial charge on any atom is 0.268 e. The van der Waals surface area contributed by atoms with E-state index in [2.05, 4.69) is 10.3 Å². The Balaban J connectivity index is 1.79. The maximum absolute atomic E-state index is 12.2. The molecule has 25 heavy (non-hydrogen) atoms. The van der Waals surface area contributed by atoms with Gasteiger partial charge in [-0.3, -0.25) is 14.5 Å². The molecular formula is C17H22F2N4O2. The summed E-state index contributed by atoms with van der Waals surface area (Å²) in [5, 5.41) is 3.48. The highest BCUT2D eigenvalue weighted by Gasteiger charge is 2.14. The number of aromatic amines is 1. The van der Waals surface area contributed by atoms with Crippen molar-refractivity contribution in [1.82, 2.24) is 20.1 Å². The van der Waals surface area contributed by atoms with E-state index in [0.717, 1.165) is 10.9 Å². The normalized spacial score (nSPS) is 11.3. The minimum Gasteiger partial charge on any atom is -0.351 e. The Morgan fingerprint density at radius 1 is 1.20 bits per heavy atom. The van der Waals surface area contributed by atoms with E-state index in [9.17, 15) is 18.4 Å². The number of carbonyl (C=O) groups is 2. The van der Waals surface area contributed by atoms with Crippen LogP contribution < -0.4 is 5.32 Å². The zero-order valence-electron chi connectivity index (χ0n) is 14.3. The molecule has 0 spiro atoms. The topological polar surface area (TPSA) is 68.4 Å². The first kappa shape index (κ1) is 18.9. The number of benzene rings is 1. The summed E-state index contributed by atoms with van der Waals surface area (Å²) in [5.74, 6) is -0.650. The summed E-state index contributed by atoms with van der Waals surface area (Å²) in [6.45, 7) is 0.162. The predicted molar refractivity (Wildman–Crippen MR) is 91.8 cm³/mol. The van der Waals surface area contributed by atoms with Gasteiger partial charge in [-0.2, -0.15) is 0 Å². The van der Waals surface area contributed by atoms with Crippen LogP contribution in [0.2, 0.25) is 0 Å². The highest BCUT2D eigenvalue weighted by atomic mass is 19.3. The van der Waals surface area contributed by atoms with E-state index in [0.29, 0.717) is 18.8 Å². The van der Waals surface area contributed by atoms with Crippen LogP contribution in [-0.2, 0) is 4.79 Å². The van der Waals surface area contributed by atoms with Crippen LogP contribution in [0.15, 0.2) is 30.3 Å². The highest BCUT2D eigenvalue weighted by molar-refractivity contribution is 5.99. The minimum absolute atomic E-state index is 0.150. The Kier molecular flexibility index (Phi) is 6.46. The number of para-hydroxylation sites is 1. The molecule has 2 aromatic rings. The van der Waals surface area contributed by atoms with Crippen LogP contribution in [0.5, 0.6) is 0 Å². The second-order valence-corrected chi connectivity index (χ2v) is 5.92. The van der Waals surface area contributed by atoms with Gasteiger partial charge in [-0.05, 0) is 19.2 Å². The van der Waals surface area contributed by atoms with Gasteiger partial charge in [0, 0.05) is 31.0 Å². The highest BCUT2D eigenvalue weighted by Crippen LogP contribution is 2.14. The number of hydrogen-bond acceptors (Lipinski definition) is 3. The number of hydrogen-bond donors (Lipinski definition) is 2. The molecule has 0 radical (unpaired) electrons. The lowest BCUT2D eigenvalue weighted by Gasteiger charge is -2.22. The zero-order chi connectivity index (χ0) is 18.4. The quantitative estimate of drug-likeness (QED) is 0.757. The molecule has 2 N–H and O–H groups in total. The number of halogens is 2. The first-order valence-corrected chi connectivity index (χ1v) is 7.93. The van der Waals surface area contributed by atoms with Crippen molar-refractivity contribution in [1.29, 1.82) is 0 Å². The van der Waals surface area contributed by atoms with Gasteiger partial charge in [0.15, 0.2) is 0 Å². The van der Waals surface area contributed by atoms with Gasteiger partial charge in [0.25, 0.3) is 12.3 Å². The van der Waals surface area contributed by atoms with Crippen LogP contribution in [0, 0.1) is 0 Å². The summed E-state index contributed by atoms with van der Waals surface area (Å²) in [6, 6.07) is 9.21. The maximum atomic E-state index is 12.2. The van der Waals surface area contributed by atoms with Crippen LogP contribution in [0.3, 0.4) is 0 Å². The number of amides is 2. The van der Waals surface area contributed by atoms with Gasteiger partial charge >= 0.3 is 0 Å². The second-order valence-electron chi connectivity index (χ2n) is 5.92. The molecule has 0 unspecified atom stereocenters. The van der Waals surface area contributed by atoms with Crippen LogP contribution in [0.1, 0.15) is 10.5 Å². The lowest BCUT2D eigenvalue weighted by Crippen LogP contribution is -2.41. The molecule has 0 atom stereocenters. The Labute approximate surface area is 144 Å². The van der Waals surface area contributed by atoms with Gasteiger partial charge in [-0.25, -0.2) is 8.78 Å². The number of aromatic nitrogens is 1. The number of carbonyl (C=O) groups excluding carboxylic acids is 2. The molecule has 6 nitrogen and oxygen atoms in total. The number of H-pyrrole nitrogens is 1. The van der Waals surface area contributed by atoms with Gasteiger partial charge in [-0.15, -0.1) is 0 Å². The van der Waals surface area contributed by atoms with E-state index < -0.39 is 6.43 Å². The third kappa shape index (κ3) is 5.53. The summed E-state index contributed by atoms with van der Waals surface area (Å²) in [7, 11) is 3.15. The SMILES string of the molecule is CN(CCN(C)C(=O)CNC(=O)c1cc2ccccc2[nH]1)CC(F)F. The van der Waals surface area contributed by atoms with Gasteiger partial charge in [0.2, 0.25) is 5.91 Å². The largest absolute Gasteiger partial charge is 0.351 e. The molecule has 0 bridgehead atoms. The van der Waals surface area contributed by atoms with Gasteiger partial charge in [0.05, 0.1) is 13.1 Å². The Morgan fingerprint density at radius 3 is 2.60 bits per heavy atom. The van der Waals surface area contributed by atoms with E-state index in [4.69, 9.17) is 0 Å². The van der Waals surface area contributed by atoms with E-state index in [1.807, 2.05) is 24.3 Å². The molecule has 0 fully saturated rings. The van der Waals surface area contributed by atoms with E-state index in [1.165, 1.54) is 9.80 Å². The van der Waals surface area contributed by atoms with Crippen LogP contribution >= 0.6 is 0 Å². The Morgan fingerprint density at radius 2 is 1.92 bits per heavy atom. The first-order valence-electron chi connectivity index (χ1n) is 7.93. The summed E-state index contributed by atoms with van der Waals surface area (Å²) in [4.78, 5) is 30.0. The monoisotopic (exact) mass is 352 g/mol. The molecule has 2 amide bonds. The fraction of sp³-hybridized carbons (Fsp3) is 0.412. The van der Waals surface area contributed by atoms with Crippen LogP contribution in [0.25, 0.3) is 10.9 Å². The molecule has 0 aliphatic carbocycles. The molecule has 0 saturated carbocycles. The van der Waals surface area contributed by atoms with E-state index >= 15 is 0 Å². The first-order chi connectivity index (χ1) is 11.9. The molecular weight excluding hydrogens is 330 g/mol. The average molecular weight is 352 g/mol. The third-order valence-corrected chi connectivity index (χ3v) is 3.87. The van der Waals surface area contributed by atoms with Crippen molar-refractivity contribution in [2.24, 2.45) is 0 Å². The minimum atomic E-state index is -2.40. The Bertz CT molecular complexity index is 699. The van der Waals surface area contributed by atoms with E-state index in [-0.39, 0.29) is 24.9 Å². The number of nitrogens with one attached hydrogen (secondary N) is 2. The summed E-state index contributed by atoms with van der Waals surface area (Å²) >= 11 is 0. The van der Waals surface area contributed by atoms with Crippen molar-refractivity contribution in [2.45, 2.75) is 6.43 Å². The third-order valence-electron chi connectivity index (χ3n) is 3.87. The molecule has 1 aromatic carbocycles. The molecule has 136 valence electrons. The molecule has 8 heteroatoms. The predicted octanol–water partition coefficient (Wildman–Crippen LogP) is 1.55. The standard InChI is InChI=1S/C17H22F2N4O2/c1-22(11-15(18)19)7-8-23(2)16(24)10-20-17(25)14-9-12-5-3-4-6-13(12)21-14/h3-6,9,15,21H,7-8,10-11H2,1-2H3,(H,20,25). The second kappa shape index (κ2) is 8.57. The number of nitrogens with zero attached hydrogens (tertiary/aromatic N) is 2. The number of rotatable bonds is 8. The zero-order valence-corrected chi connectivity index (χ0v) is 14.3. The van der Waals surface area contributed by atoms with Crippen molar-refractivity contribution in [2.75, 3.05) is 40.3 Å². The van der Waals surface area contributed by atoms with Gasteiger partial charge < -0.3 is 15.2 Å². The summed E-state index contributed by atoms with van der Waals surface area (Å²) in [5.41, 5.74) is 1.23. The molecule has 2 rings (SSSR count). The number of likely N-dealkylation sites (N-methyl/N-ethyl adjacent to an activating group) is 2. The van der Waals surface area contributed by atoms with Gasteiger partial charge in [-0.1, -0.05) is 18.2 Å². The van der Waals surface area contributed by atoms with Crippen molar-refractivity contribution >= 4 is 22.7 Å². The van der Waals surface area contributed by atoms with Crippen LogP contribution in [0.4, 0.5) is 8.78 Å². The molecule has 1 heterocycles. The molecule has 1 aromatic heterocycles. The lowest BCUT2D eigenvalue weighted by molar-refractivity contribution is -0.129. The molecule has 0 saturated heterocycles. The number of alkyl halides is 2. The molecule has 0 aliphatic heterocycles. The average Bonchev–Trinajstić information content (AvgIpc) is 3.00. The summed E-state index contributed by atoms with van der Waals surface area (Å²) < 4.78 is 24.5. The van der Waals surface area contributed by atoms with E-state index in [1.54, 1.807) is 20.2 Å². The van der Waals surface area contributed by atoms with Crippen molar-refractivity contribution in [3.63, 3.8) is 0 Å². The van der Waals surface area contributed by atoms with Gasteiger partial charge in [0.1, 0.15) is 5.69 Å². The lowest BCUT2D eigenvalue weighted by atomic mass is 10.2. The van der Waals surface area contributed by atoms with Crippen LogP contribution in [-0.4, -0.2) is 73.3 Å².